The van der Waals surface area contributed by atoms with E-state index in [9.17, 15) is 22.0 Å². The van der Waals surface area contributed by atoms with Gasteiger partial charge in [0.05, 0.1) is 0 Å². The van der Waals surface area contributed by atoms with Crippen molar-refractivity contribution in [2.45, 2.75) is 43.4 Å². The van der Waals surface area contributed by atoms with Crippen LogP contribution < -0.4 is 0 Å². The summed E-state index contributed by atoms with van der Waals surface area (Å²) < 4.78 is 65.7. The quantitative estimate of drug-likeness (QED) is 0.474. The third-order valence-corrected chi connectivity index (χ3v) is 3.46. The first-order valence-corrected chi connectivity index (χ1v) is 7.37. The first kappa shape index (κ1) is 16.9. The molecule has 0 aliphatic rings. The molecule has 0 saturated heterocycles. The van der Waals surface area contributed by atoms with Crippen molar-refractivity contribution in [1.82, 2.24) is 19.6 Å². The van der Waals surface area contributed by atoms with Crippen LogP contribution in [0.5, 0.6) is 0 Å². The molecule has 22 heavy (non-hydrogen) atoms. The Morgan fingerprint density at radius 1 is 1.05 bits per heavy atom. The molecule has 0 atom stereocenters. The third kappa shape index (κ3) is 2.75. The fourth-order valence-corrected chi connectivity index (χ4v) is 2.12. The van der Waals surface area contributed by atoms with Gasteiger partial charge < -0.3 is 0 Å². The van der Waals surface area contributed by atoms with Crippen molar-refractivity contribution < 1.29 is 22.0 Å². The Balaban J connectivity index is 2.70. The summed E-state index contributed by atoms with van der Waals surface area (Å²) in [5.74, 6) is -4.72. The van der Waals surface area contributed by atoms with E-state index in [-0.39, 0.29) is 10.8 Å². The molecular formula is C12H13F5N4S. The van der Waals surface area contributed by atoms with Crippen LogP contribution in [0.25, 0.3) is 5.65 Å². The molecule has 122 valence electrons. The summed E-state index contributed by atoms with van der Waals surface area (Å²) in [7, 11) is 0. The number of rotatable bonds is 2. The molecule has 10 heteroatoms. The molecule has 0 aliphatic heterocycles. The second-order valence-corrected chi connectivity index (χ2v) is 6.43. The number of fused-ring (bicyclic) bond motifs is 1. The lowest BCUT2D eigenvalue weighted by Crippen LogP contribution is -2.34. The van der Waals surface area contributed by atoms with Crippen molar-refractivity contribution in [3.05, 3.63) is 17.6 Å². The maximum atomic E-state index is 13.5. The molecule has 2 aromatic heterocycles. The second-order valence-electron chi connectivity index (χ2n) is 5.66. The molecule has 0 aliphatic carbocycles. The lowest BCUT2D eigenvalue weighted by Gasteiger charge is -2.19. The number of hydrogen-bond donors (Lipinski definition) is 0. The topological polar surface area (TPSA) is 43.1 Å². The van der Waals surface area contributed by atoms with E-state index < -0.39 is 23.2 Å². The molecular weight excluding hydrogens is 327 g/mol. The number of halogens is 5. The summed E-state index contributed by atoms with van der Waals surface area (Å²) >= 11 is 0.912. The van der Waals surface area contributed by atoms with Gasteiger partial charge in [-0.05, 0) is 6.26 Å². The summed E-state index contributed by atoms with van der Waals surface area (Å²) in [6.07, 6.45) is -4.21. The van der Waals surface area contributed by atoms with Crippen LogP contribution in [0, 0.1) is 0 Å². The number of hydrogen-bond acceptors (Lipinski definition) is 4. The third-order valence-electron chi connectivity index (χ3n) is 2.83. The van der Waals surface area contributed by atoms with E-state index in [1.165, 1.54) is 10.8 Å². The SMILES string of the molecule is CSc1nc(C(F)(F)C(F)(F)F)cc2nc(C(C)(C)C)nn12. The van der Waals surface area contributed by atoms with Gasteiger partial charge in [-0.2, -0.15) is 26.5 Å². The summed E-state index contributed by atoms with van der Waals surface area (Å²) in [6, 6.07) is 0.620. The maximum absolute atomic E-state index is 13.5. The van der Waals surface area contributed by atoms with E-state index in [4.69, 9.17) is 0 Å². The molecule has 4 nitrogen and oxygen atoms in total. The van der Waals surface area contributed by atoms with Gasteiger partial charge in [0.2, 0.25) is 0 Å². The number of alkyl halides is 5. The number of aromatic nitrogens is 4. The van der Waals surface area contributed by atoms with Crippen LogP contribution in [0.2, 0.25) is 0 Å². The van der Waals surface area contributed by atoms with Crippen molar-refractivity contribution in [3.63, 3.8) is 0 Å². The average molecular weight is 340 g/mol. The van der Waals surface area contributed by atoms with E-state index in [1.54, 1.807) is 20.8 Å². The average Bonchev–Trinajstić information content (AvgIpc) is 2.79. The van der Waals surface area contributed by atoms with E-state index in [0.717, 1.165) is 11.8 Å². The predicted octanol–water partition coefficient (Wildman–Crippen LogP) is 3.80. The van der Waals surface area contributed by atoms with Gasteiger partial charge in [-0.15, -0.1) is 5.10 Å². The molecule has 0 bridgehead atoms. The highest BCUT2D eigenvalue weighted by Gasteiger charge is 2.60. The van der Waals surface area contributed by atoms with Gasteiger partial charge in [0, 0.05) is 11.5 Å². The molecule has 0 unspecified atom stereocenters. The first-order valence-electron chi connectivity index (χ1n) is 6.15. The summed E-state index contributed by atoms with van der Waals surface area (Å²) in [5.41, 5.74) is -1.96. The minimum absolute atomic E-state index is 0.0839. The molecule has 0 radical (unpaired) electrons. The molecule has 2 heterocycles. The summed E-state index contributed by atoms with van der Waals surface area (Å²) in [4.78, 5) is 7.45. The zero-order valence-corrected chi connectivity index (χ0v) is 13.0. The van der Waals surface area contributed by atoms with Crippen LogP contribution in [0.3, 0.4) is 0 Å². The lowest BCUT2D eigenvalue weighted by molar-refractivity contribution is -0.291. The molecule has 0 fully saturated rings. The van der Waals surface area contributed by atoms with Gasteiger partial charge in [-0.25, -0.2) is 9.97 Å². The van der Waals surface area contributed by atoms with E-state index >= 15 is 0 Å². The Morgan fingerprint density at radius 2 is 1.64 bits per heavy atom. The molecule has 0 spiro atoms. The molecule has 2 aromatic rings. The molecule has 0 N–H and O–H groups in total. The van der Waals surface area contributed by atoms with Gasteiger partial charge in [0.15, 0.2) is 16.6 Å². The van der Waals surface area contributed by atoms with Gasteiger partial charge >= 0.3 is 12.1 Å². The van der Waals surface area contributed by atoms with Crippen LogP contribution in [-0.2, 0) is 11.3 Å². The van der Waals surface area contributed by atoms with Gasteiger partial charge in [0.1, 0.15) is 5.69 Å². The van der Waals surface area contributed by atoms with E-state index in [1.807, 2.05) is 0 Å². The second kappa shape index (κ2) is 5.04. The maximum Gasteiger partial charge on any atom is 0.459 e. The monoisotopic (exact) mass is 340 g/mol. The number of thioether (sulfide) groups is 1. The highest BCUT2D eigenvalue weighted by atomic mass is 32.2. The Kier molecular flexibility index (Phi) is 3.87. The Hall–Kier alpha value is -1.45. The van der Waals surface area contributed by atoms with Crippen molar-refractivity contribution in [2.75, 3.05) is 6.26 Å². The van der Waals surface area contributed by atoms with Crippen molar-refractivity contribution in [2.24, 2.45) is 0 Å². The van der Waals surface area contributed by atoms with Crippen molar-refractivity contribution >= 4 is 17.4 Å². The Bertz CT molecular complexity index is 702. The van der Waals surface area contributed by atoms with Crippen LogP contribution in [0.4, 0.5) is 22.0 Å². The normalized spacial score (nSPS) is 13.9. The van der Waals surface area contributed by atoms with E-state index in [2.05, 4.69) is 15.1 Å². The molecule has 0 amide bonds. The Labute approximate surface area is 127 Å². The van der Waals surface area contributed by atoms with Crippen LogP contribution in [0.1, 0.15) is 32.3 Å². The van der Waals surface area contributed by atoms with Crippen molar-refractivity contribution in [1.29, 1.82) is 0 Å². The minimum atomic E-state index is -5.72. The van der Waals surface area contributed by atoms with E-state index in [0.29, 0.717) is 11.9 Å². The first-order chi connectivity index (χ1) is 9.88. The largest absolute Gasteiger partial charge is 0.459 e. The molecule has 0 saturated carbocycles. The standard InChI is InChI=1S/C12H13F5N4S/c1-10(2,3)8-19-7-5-6(11(13,14)12(15,16)17)18-9(22-4)21(7)20-8/h5H,1-4H3. The fourth-order valence-electron chi connectivity index (χ4n) is 1.62. The smallest absolute Gasteiger partial charge is 0.221 e. The summed E-state index contributed by atoms with van der Waals surface area (Å²) in [5, 5.41) is 4.05. The van der Waals surface area contributed by atoms with Crippen LogP contribution in [0.15, 0.2) is 11.2 Å². The molecule has 2 rings (SSSR count). The zero-order chi connectivity index (χ0) is 16.9. The van der Waals surface area contributed by atoms with Crippen LogP contribution in [-0.4, -0.2) is 32.0 Å². The summed E-state index contributed by atoms with van der Waals surface area (Å²) in [6.45, 7) is 5.41. The Morgan fingerprint density at radius 3 is 2.09 bits per heavy atom. The van der Waals surface area contributed by atoms with Gasteiger partial charge in [-0.1, -0.05) is 32.5 Å². The van der Waals surface area contributed by atoms with Crippen molar-refractivity contribution in [3.8, 4) is 0 Å². The fraction of sp³-hybridized carbons (Fsp3) is 0.583. The minimum Gasteiger partial charge on any atom is -0.221 e. The highest BCUT2D eigenvalue weighted by Crippen LogP contribution is 2.43. The number of nitrogens with zero attached hydrogens (tertiary/aromatic N) is 4. The zero-order valence-electron chi connectivity index (χ0n) is 12.2. The van der Waals surface area contributed by atoms with Gasteiger partial charge in [-0.3, -0.25) is 0 Å². The van der Waals surface area contributed by atoms with Gasteiger partial charge in [0.25, 0.3) is 0 Å². The predicted molar refractivity (Wildman–Crippen MR) is 71.2 cm³/mol. The highest BCUT2D eigenvalue weighted by molar-refractivity contribution is 7.98. The van der Waals surface area contributed by atoms with Crippen LogP contribution >= 0.6 is 11.8 Å². The molecule has 0 aromatic carbocycles. The lowest BCUT2D eigenvalue weighted by atomic mass is 9.96.